The number of aromatic nitrogens is 1. The Balaban J connectivity index is 2.49. The molecule has 0 radical (unpaired) electrons. The minimum atomic E-state index is -0.598. The summed E-state index contributed by atoms with van der Waals surface area (Å²) in [5, 5.41) is 0. The highest BCUT2D eigenvalue weighted by Gasteiger charge is 2.14. The molecule has 0 fully saturated rings. The van der Waals surface area contributed by atoms with E-state index in [1.807, 2.05) is 12.1 Å². The second-order valence-electron chi connectivity index (χ2n) is 2.92. The van der Waals surface area contributed by atoms with Crippen molar-refractivity contribution in [3.8, 4) is 0 Å². The standard InChI is InChI=1S/C10H14N2O2/c1-2-14-10(13)9(11)6-8-4-3-5-12-7-8/h3-5,7,9H,2,6,11H2,1H3/t9-/m1/s1. The average molecular weight is 194 g/mol. The van der Waals surface area contributed by atoms with Crippen LogP contribution >= 0.6 is 0 Å². The Morgan fingerprint density at radius 1 is 1.71 bits per heavy atom. The van der Waals surface area contributed by atoms with Crippen LogP contribution in [0, 0.1) is 0 Å². The van der Waals surface area contributed by atoms with Crippen molar-refractivity contribution in [2.75, 3.05) is 6.61 Å². The molecule has 76 valence electrons. The Morgan fingerprint density at radius 3 is 3.07 bits per heavy atom. The third-order valence-electron chi connectivity index (χ3n) is 1.77. The molecule has 0 saturated carbocycles. The van der Waals surface area contributed by atoms with Crippen LogP contribution in [0.15, 0.2) is 24.5 Å². The quantitative estimate of drug-likeness (QED) is 0.709. The molecule has 0 saturated heterocycles. The molecule has 0 unspecified atom stereocenters. The van der Waals surface area contributed by atoms with Crippen molar-refractivity contribution in [3.05, 3.63) is 30.1 Å². The summed E-state index contributed by atoms with van der Waals surface area (Å²) in [5.41, 5.74) is 6.57. The van der Waals surface area contributed by atoms with Gasteiger partial charge in [0.25, 0.3) is 0 Å². The first-order valence-electron chi connectivity index (χ1n) is 4.55. The van der Waals surface area contributed by atoms with Crippen molar-refractivity contribution >= 4 is 5.97 Å². The normalized spacial score (nSPS) is 12.1. The zero-order valence-corrected chi connectivity index (χ0v) is 8.14. The Morgan fingerprint density at radius 2 is 2.50 bits per heavy atom. The van der Waals surface area contributed by atoms with Gasteiger partial charge in [-0.15, -0.1) is 0 Å². The number of nitrogens with two attached hydrogens (primary N) is 1. The van der Waals surface area contributed by atoms with Crippen molar-refractivity contribution < 1.29 is 9.53 Å². The summed E-state index contributed by atoms with van der Waals surface area (Å²) in [5.74, 6) is -0.364. The average Bonchev–Trinajstić information content (AvgIpc) is 2.19. The fourth-order valence-electron chi connectivity index (χ4n) is 1.11. The fourth-order valence-corrected chi connectivity index (χ4v) is 1.11. The molecule has 0 spiro atoms. The predicted molar refractivity (Wildman–Crippen MR) is 52.5 cm³/mol. The first-order valence-corrected chi connectivity index (χ1v) is 4.55. The van der Waals surface area contributed by atoms with Crippen LogP contribution < -0.4 is 5.73 Å². The van der Waals surface area contributed by atoms with Gasteiger partial charge in [-0.2, -0.15) is 0 Å². The van der Waals surface area contributed by atoms with E-state index >= 15 is 0 Å². The molecule has 1 heterocycles. The van der Waals surface area contributed by atoms with Crippen molar-refractivity contribution in [1.82, 2.24) is 4.98 Å². The predicted octanol–water partition coefficient (Wildman–Crippen LogP) is 0.514. The van der Waals surface area contributed by atoms with E-state index in [1.165, 1.54) is 0 Å². The summed E-state index contributed by atoms with van der Waals surface area (Å²) >= 11 is 0. The molecule has 1 aromatic rings. The molecule has 0 aliphatic heterocycles. The van der Waals surface area contributed by atoms with Crippen molar-refractivity contribution in [2.45, 2.75) is 19.4 Å². The molecule has 1 aromatic heterocycles. The molecule has 0 amide bonds. The van der Waals surface area contributed by atoms with Gasteiger partial charge in [-0.25, -0.2) is 0 Å². The molecule has 1 rings (SSSR count). The van der Waals surface area contributed by atoms with Crippen molar-refractivity contribution in [3.63, 3.8) is 0 Å². The van der Waals surface area contributed by atoms with Gasteiger partial charge in [0, 0.05) is 12.4 Å². The Labute approximate surface area is 83.1 Å². The van der Waals surface area contributed by atoms with E-state index < -0.39 is 6.04 Å². The highest BCUT2D eigenvalue weighted by molar-refractivity contribution is 5.75. The minimum Gasteiger partial charge on any atom is -0.465 e. The highest BCUT2D eigenvalue weighted by Crippen LogP contribution is 2.00. The molecule has 0 aliphatic rings. The molecular formula is C10H14N2O2. The summed E-state index contributed by atoms with van der Waals surface area (Å²) in [6.07, 6.45) is 3.84. The van der Waals surface area contributed by atoms with Crippen LogP contribution in [0.4, 0.5) is 0 Å². The summed E-state index contributed by atoms with van der Waals surface area (Å²) in [7, 11) is 0. The number of hydrogen-bond acceptors (Lipinski definition) is 4. The van der Waals surface area contributed by atoms with Gasteiger partial charge in [-0.3, -0.25) is 9.78 Å². The number of hydrogen-bond donors (Lipinski definition) is 1. The molecule has 0 aliphatic carbocycles. The van der Waals surface area contributed by atoms with Crippen molar-refractivity contribution in [2.24, 2.45) is 5.73 Å². The van der Waals surface area contributed by atoms with Gasteiger partial charge in [0.1, 0.15) is 6.04 Å². The van der Waals surface area contributed by atoms with E-state index in [0.29, 0.717) is 13.0 Å². The van der Waals surface area contributed by atoms with E-state index in [9.17, 15) is 4.79 Å². The topological polar surface area (TPSA) is 65.2 Å². The van der Waals surface area contributed by atoms with Crippen LogP contribution in [0.3, 0.4) is 0 Å². The smallest absolute Gasteiger partial charge is 0.323 e. The Kier molecular flexibility index (Phi) is 4.07. The van der Waals surface area contributed by atoms with Gasteiger partial charge in [0.15, 0.2) is 0 Å². The summed E-state index contributed by atoms with van der Waals surface area (Å²) in [6, 6.07) is 3.10. The van der Waals surface area contributed by atoms with Gasteiger partial charge < -0.3 is 10.5 Å². The van der Waals surface area contributed by atoms with E-state index in [4.69, 9.17) is 10.5 Å². The van der Waals surface area contributed by atoms with E-state index in [0.717, 1.165) is 5.56 Å². The van der Waals surface area contributed by atoms with Gasteiger partial charge >= 0.3 is 5.97 Å². The Hall–Kier alpha value is -1.42. The van der Waals surface area contributed by atoms with Gasteiger partial charge in [-0.1, -0.05) is 6.07 Å². The molecule has 0 bridgehead atoms. The van der Waals surface area contributed by atoms with Crippen LogP contribution in [-0.4, -0.2) is 23.6 Å². The third-order valence-corrected chi connectivity index (χ3v) is 1.77. The van der Waals surface area contributed by atoms with E-state index in [2.05, 4.69) is 4.98 Å². The lowest BCUT2D eigenvalue weighted by atomic mass is 10.1. The molecule has 2 N–H and O–H groups in total. The molecular weight excluding hydrogens is 180 g/mol. The maximum absolute atomic E-state index is 11.2. The molecule has 14 heavy (non-hydrogen) atoms. The maximum atomic E-state index is 11.2. The molecule has 4 nitrogen and oxygen atoms in total. The lowest BCUT2D eigenvalue weighted by Crippen LogP contribution is -2.34. The molecule has 1 atom stereocenters. The lowest BCUT2D eigenvalue weighted by molar-refractivity contribution is -0.144. The number of esters is 1. The van der Waals surface area contributed by atoms with Crippen molar-refractivity contribution in [1.29, 1.82) is 0 Å². The highest BCUT2D eigenvalue weighted by atomic mass is 16.5. The number of ether oxygens (including phenoxy) is 1. The first-order chi connectivity index (χ1) is 6.74. The Bertz CT molecular complexity index is 287. The minimum absolute atomic E-state index is 0.361. The van der Waals surface area contributed by atoms with Gasteiger partial charge in [-0.05, 0) is 25.0 Å². The molecule has 0 aromatic carbocycles. The molecule has 4 heteroatoms. The zero-order valence-electron chi connectivity index (χ0n) is 8.14. The third kappa shape index (κ3) is 3.14. The van der Waals surface area contributed by atoms with Crippen LogP contribution in [0.2, 0.25) is 0 Å². The van der Waals surface area contributed by atoms with Gasteiger partial charge in [0.2, 0.25) is 0 Å². The SMILES string of the molecule is CCOC(=O)[C@H](N)Cc1cccnc1. The summed E-state index contributed by atoms with van der Waals surface area (Å²) < 4.78 is 4.79. The van der Waals surface area contributed by atoms with Crippen LogP contribution in [0.1, 0.15) is 12.5 Å². The largest absolute Gasteiger partial charge is 0.465 e. The second-order valence-corrected chi connectivity index (χ2v) is 2.92. The van der Waals surface area contributed by atoms with Crippen LogP contribution in [-0.2, 0) is 16.0 Å². The zero-order chi connectivity index (χ0) is 10.4. The van der Waals surface area contributed by atoms with Crippen LogP contribution in [0.5, 0.6) is 0 Å². The van der Waals surface area contributed by atoms with E-state index in [1.54, 1.807) is 19.3 Å². The summed E-state index contributed by atoms with van der Waals surface area (Å²) in [4.78, 5) is 15.1. The number of nitrogens with zero attached hydrogens (tertiary/aromatic N) is 1. The van der Waals surface area contributed by atoms with E-state index in [-0.39, 0.29) is 5.97 Å². The second kappa shape index (κ2) is 5.34. The lowest BCUT2D eigenvalue weighted by Gasteiger charge is -2.09. The number of pyridine rings is 1. The van der Waals surface area contributed by atoms with Gasteiger partial charge in [0.05, 0.1) is 6.61 Å². The van der Waals surface area contributed by atoms with Crippen LogP contribution in [0.25, 0.3) is 0 Å². The number of rotatable bonds is 4. The first kappa shape index (κ1) is 10.7. The fraction of sp³-hybridized carbons (Fsp3) is 0.400. The summed E-state index contributed by atoms with van der Waals surface area (Å²) in [6.45, 7) is 2.12. The maximum Gasteiger partial charge on any atom is 0.323 e. The number of carbonyl (C=O) groups is 1. The monoisotopic (exact) mass is 194 g/mol. The number of carbonyl (C=O) groups excluding carboxylic acids is 1.